The van der Waals surface area contributed by atoms with Crippen LogP contribution in [-0.2, 0) is 32.6 Å². The quantitative estimate of drug-likeness (QED) is 0.161. The lowest BCUT2D eigenvalue weighted by Crippen LogP contribution is -2.53. The molecular formula is C36H41N3O4S2. The van der Waals surface area contributed by atoms with Crippen molar-refractivity contribution in [2.24, 2.45) is 0 Å². The second-order valence-corrected chi connectivity index (χ2v) is 13.8. The Kier molecular flexibility index (Phi) is 11.8. The van der Waals surface area contributed by atoms with E-state index in [4.69, 9.17) is 0 Å². The van der Waals surface area contributed by atoms with Crippen LogP contribution in [0.15, 0.2) is 113 Å². The van der Waals surface area contributed by atoms with Crippen LogP contribution in [0.1, 0.15) is 35.6 Å². The molecule has 4 aromatic rings. The summed E-state index contributed by atoms with van der Waals surface area (Å²) in [5.41, 5.74) is 4.10. The first-order valence-electron chi connectivity index (χ1n) is 15.0. The van der Waals surface area contributed by atoms with Gasteiger partial charge in [0.15, 0.2) is 0 Å². The normalized spacial score (nSPS) is 11.9. The fraction of sp³-hybridized carbons (Fsp3) is 0.278. The Morgan fingerprint density at radius 1 is 0.822 bits per heavy atom. The Hall–Kier alpha value is -4.08. The second-order valence-electron chi connectivity index (χ2n) is 11.0. The molecule has 9 heteroatoms. The van der Waals surface area contributed by atoms with Crippen molar-refractivity contribution in [3.05, 3.63) is 125 Å². The topological polar surface area (TPSA) is 86.8 Å². The molecule has 7 nitrogen and oxygen atoms in total. The number of hydrogen-bond acceptors (Lipinski definition) is 5. The third kappa shape index (κ3) is 8.99. The van der Waals surface area contributed by atoms with E-state index in [9.17, 15) is 18.0 Å². The van der Waals surface area contributed by atoms with Gasteiger partial charge in [-0.3, -0.25) is 13.9 Å². The number of aryl methyl sites for hydroxylation is 2. The Labute approximate surface area is 271 Å². The molecule has 0 aromatic heterocycles. The van der Waals surface area contributed by atoms with Crippen LogP contribution in [0.3, 0.4) is 0 Å². The molecule has 236 valence electrons. The van der Waals surface area contributed by atoms with E-state index < -0.39 is 28.5 Å². The van der Waals surface area contributed by atoms with Gasteiger partial charge in [-0.05, 0) is 74.0 Å². The van der Waals surface area contributed by atoms with Crippen molar-refractivity contribution in [1.29, 1.82) is 0 Å². The number of carbonyl (C=O) groups excluding carboxylic acids is 2. The molecule has 0 radical (unpaired) electrons. The van der Waals surface area contributed by atoms with E-state index in [0.717, 1.165) is 37.9 Å². The molecule has 2 amide bonds. The fourth-order valence-corrected chi connectivity index (χ4v) is 6.86. The van der Waals surface area contributed by atoms with Crippen molar-refractivity contribution in [2.45, 2.75) is 56.0 Å². The largest absolute Gasteiger partial charge is 0.354 e. The van der Waals surface area contributed by atoms with Gasteiger partial charge < -0.3 is 10.2 Å². The molecular weight excluding hydrogens is 603 g/mol. The third-order valence-corrected chi connectivity index (χ3v) is 10.0. The van der Waals surface area contributed by atoms with Crippen LogP contribution in [-0.4, -0.2) is 50.5 Å². The van der Waals surface area contributed by atoms with Crippen molar-refractivity contribution in [3.63, 3.8) is 0 Å². The minimum absolute atomic E-state index is 0.0837. The van der Waals surface area contributed by atoms with E-state index >= 15 is 0 Å². The number of benzene rings is 4. The fourth-order valence-electron chi connectivity index (χ4n) is 5.04. The Morgan fingerprint density at radius 2 is 1.49 bits per heavy atom. The van der Waals surface area contributed by atoms with Gasteiger partial charge in [0.05, 0.1) is 10.6 Å². The maximum atomic E-state index is 14.5. The molecule has 1 unspecified atom stereocenters. The molecule has 0 aliphatic carbocycles. The first kappa shape index (κ1) is 33.8. The number of amides is 2. The number of hydrogen-bond donors (Lipinski definition) is 1. The zero-order chi connectivity index (χ0) is 32.4. The molecule has 0 aliphatic rings. The van der Waals surface area contributed by atoms with Gasteiger partial charge in [-0.15, -0.1) is 11.8 Å². The number of anilines is 1. The molecule has 0 aliphatic heterocycles. The smallest absolute Gasteiger partial charge is 0.264 e. The highest BCUT2D eigenvalue weighted by atomic mass is 32.2. The summed E-state index contributed by atoms with van der Waals surface area (Å²) >= 11 is 1.52. The average molecular weight is 644 g/mol. The molecule has 1 atom stereocenters. The molecule has 45 heavy (non-hydrogen) atoms. The number of nitrogens with one attached hydrogen (secondary N) is 1. The lowest BCUT2D eigenvalue weighted by molar-refractivity contribution is -0.140. The molecule has 0 fully saturated rings. The first-order valence-corrected chi connectivity index (χ1v) is 17.7. The number of sulfonamides is 1. The summed E-state index contributed by atoms with van der Waals surface area (Å²) in [6.45, 7) is 5.99. The molecule has 1 N–H and O–H groups in total. The molecule has 4 aromatic carbocycles. The summed E-state index contributed by atoms with van der Waals surface area (Å²) in [4.78, 5) is 30.8. The predicted octanol–water partition coefficient (Wildman–Crippen LogP) is 6.39. The van der Waals surface area contributed by atoms with Gasteiger partial charge in [0.2, 0.25) is 11.8 Å². The SMILES string of the molecule is CCCNC(=O)C(Cc1ccccc1)N(Cc1cccc(C)c1)C(=O)CN(c1ccc(C)cc1)S(=O)(=O)c1ccc(SC)cc1. The summed E-state index contributed by atoms with van der Waals surface area (Å²) in [6.07, 6.45) is 2.94. The minimum atomic E-state index is -4.14. The summed E-state index contributed by atoms with van der Waals surface area (Å²) in [6, 6.07) is 30.2. The van der Waals surface area contributed by atoms with Gasteiger partial charge in [-0.25, -0.2) is 8.42 Å². The lowest BCUT2D eigenvalue weighted by atomic mass is 10.0. The van der Waals surface area contributed by atoms with Gasteiger partial charge in [0, 0.05) is 24.4 Å². The highest BCUT2D eigenvalue weighted by Gasteiger charge is 2.34. The standard InChI is InChI=1S/C36H41N3O4S2/c1-5-22-37-36(41)34(24-29-11-7-6-8-12-29)38(25-30-13-9-10-28(3)23-30)35(40)26-39(31-16-14-27(2)15-17-31)45(42,43)33-20-18-32(44-4)19-21-33/h6-21,23,34H,5,22,24-26H2,1-4H3,(H,37,41). The first-order chi connectivity index (χ1) is 21.6. The maximum Gasteiger partial charge on any atom is 0.264 e. The van der Waals surface area contributed by atoms with E-state index in [1.807, 2.05) is 93.8 Å². The van der Waals surface area contributed by atoms with Crippen molar-refractivity contribution >= 4 is 39.3 Å². The Morgan fingerprint density at radius 3 is 2.11 bits per heavy atom. The van der Waals surface area contributed by atoms with Crippen LogP contribution in [0, 0.1) is 13.8 Å². The number of carbonyl (C=O) groups is 2. The minimum Gasteiger partial charge on any atom is -0.354 e. The van der Waals surface area contributed by atoms with Gasteiger partial charge in [-0.1, -0.05) is 84.8 Å². The third-order valence-electron chi connectivity index (χ3n) is 7.50. The van der Waals surface area contributed by atoms with Crippen LogP contribution in [0.4, 0.5) is 5.69 Å². The molecule has 0 bridgehead atoms. The van der Waals surface area contributed by atoms with E-state index in [2.05, 4.69) is 5.32 Å². The van der Waals surface area contributed by atoms with Crippen LogP contribution < -0.4 is 9.62 Å². The van der Waals surface area contributed by atoms with E-state index in [1.54, 1.807) is 36.4 Å². The van der Waals surface area contributed by atoms with Gasteiger partial charge in [-0.2, -0.15) is 0 Å². The lowest BCUT2D eigenvalue weighted by Gasteiger charge is -2.34. The van der Waals surface area contributed by atoms with Crippen molar-refractivity contribution in [3.8, 4) is 0 Å². The van der Waals surface area contributed by atoms with Crippen LogP contribution >= 0.6 is 11.8 Å². The molecule has 0 saturated carbocycles. The van der Waals surface area contributed by atoms with Crippen LogP contribution in [0.5, 0.6) is 0 Å². The van der Waals surface area contributed by atoms with Crippen LogP contribution in [0.2, 0.25) is 0 Å². The van der Waals surface area contributed by atoms with Gasteiger partial charge >= 0.3 is 0 Å². The number of rotatable bonds is 14. The zero-order valence-corrected chi connectivity index (χ0v) is 27.9. The average Bonchev–Trinajstić information content (AvgIpc) is 3.05. The second kappa shape index (κ2) is 15.8. The monoisotopic (exact) mass is 643 g/mol. The summed E-state index contributed by atoms with van der Waals surface area (Å²) < 4.78 is 29.5. The van der Waals surface area contributed by atoms with Gasteiger partial charge in [0.1, 0.15) is 12.6 Å². The van der Waals surface area contributed by atoms with Crippen LogP contribution in [0.25, 0.3) is 0 Å². The van der Waals surface area contributed by atoms with Crippen molar-refractivity contribution < 1.29 is 18.0 Å². The van der Waals surface area contributed by atoms with E-state index in [1.165, 1.54) is 16.7 Å². The number of thioether (sulfide) groups is 1. The molecule has 4 rings (SSSR count). The predicted molar refractivity (Wildman–Crippen MR) is 183 cm³/mol. The summed E-state index contributed by atoms with van der Waals surface area (Å²) in [5.74, 6) is -0.756. The summed E-state index contributed by atoms with van der Waals surface area (Å²) in [5, 5.41) is 2.98. The highest BCUT2D eigenvalue weighted by molar-refractivity contribution is 7.98. The zero-order valence-electron chi connectivity index (χ0n) is 26.3. The van der Waals surface area contributed by atoms with E-state index in [-0.39, 0.29) is 23.8 Å². The van der Waals surface area contributed by atoms with Crippen molar-refractivity contribution in [2.75, 3.05) is 23.7 Å². The number of nitrogens with zero attached hydrogens (tertiary/aromatic N) is 2. The Bertz CT molecular complexity index is 1680. The molecule has 0 heterocycles. The van der Waals surface area contributed by atoms with E-state index in [0.29, 0.717) is 12.2 Å². The maximum absolute atomic E-state index is 14.5. The van der Waals surface area contributed by atoms with Crippen molar-refractivity contribution in [1.82, 2.24) is 10.2 Å². The summed E-state index contributed by atoms with van der Waals surface area (Å²) in [7, 11) is -4.14. The highest BCUT2D eigenvalue weighted by Crippen LogP contribution is 2.27. The molecule has 0 spiro atoms. The van der Waals surface area contributed by atoms with Gasteiger partial charge in [0.25, 0.3) is 10.0 Å². The molecule has 0 saturated heterocycles. The Balaban J connectivity index is 1.79.